The zero-order valence-electron chi connectivity index (χ0n) is 15.5. The van der Waals surface area contributed by atoms with Crippen LogP contribution < -0.4 is 0 Å². The number of allylic oxidation sites excluding steroid dienone is 5. The fourth-order valence-corrected chi connectivity index (χ4v) is 2.94. The van der Waals surface area contributed by atoms with Crippen LogP contribution in [-0.2, 0) is 4.43 Å². The number of hydrogen-bond acceptors (Lipinski definition) is 2. The quantitative estimate of drug-likeness (QED) is 0.377. The van der Waals surface area contributed by atoms with Gasteiger partial charge in [-0.05, 0) is 79.1 Å². The van der Waals surface area contributed by atoms with Gasteiger partial charge in [0.15, 0.2) is 14.4 Å². The SMILES string of the molecule is CC(C)=CCC/C(C)=C/CC/C(C)=C/C(C#N)O[Si](C)(C)C. The van der Waals surface area contributed by atoms with Gasteiger partial charge in [-0.3, -0.25) is 0 Å². The van der Waals surface area contributed by atoms with Crippen molar-refractivity contribution in [3.63, 3.8) is 0 Å². The van der Waals surface area contributed by atoms with Gasteiger partial charge < -0.3 is 4.43 Å². The van der Waals surface area contributed by atoms with E-state index in [1.807, 2.05) is 6.08 Å². The lowest BCUT2D eigenvalue weighted by Crippen LogP contribution is -2.30. The van der Waals surface area contributed by atoms with E-state index in [1.165, 1.54) is 16.7 Å². The third-order valence-corrected chi connectivity index (χ3v) is 4.13. The summed E-state index contributed by atoms with van der Waals surface area (Å²) in [6.45, 7) is 14.9. The third-order valence-electron chi connectivity index (χ3n) is 3.17. The van der Waals surface area contributed by atoms with Crippen LogP contribution in [0.3, 0.4) is 0 Å². The summed E-state index contributed by atoms with van der Waals surface area (Å²) in [5.41, 5.74) is 4.06. The fourth-order valence-electron chi connectivity index (χ4n) is 2.06. The van der Waals surface area contributed by atoms with Crippen molar-refractivity contribution in [1.29, 1.82) is 5.26 Å². The molecule has 2 nitrogen and oxygen atoms in total. The predicted molar refractivity (Wildman–Crippen MR) is 99.2 cm³/mol. The van der Waals surface area contributed by atoms with Crippen molar-refractivity contribution in [3.8, 4) is 6.07 Å². The van der Waals surface area contributed by atoms with Gasteiger partial charge in [0, 0.05) is 0 Å². The molecule has 0 amide bonds. The molecule has 0 rings (SSSR count). The first-order valence-electron chi connectivity index (χ1n) is 8.18. The highest BCUT2D eigenvalue weighted by Gasteiger charge is 2.19. The first-order chi connectivity index (χ1) is 10.1. The lowest BCUT2D eigenvalue weighted by molar-refractivity contribution is 0.294. The molecule has 0 radical (unpaired) electrons. The van der Waals surface area contributed by atoms with Crippen molar-refractivity contribution in [3.05, 3.63) is 34.9 Å². The van der Waals surface area contributed by atoms with Crippen LogP contribution in [0.15, 0.2) is 34.9 Å². The standard InChI is InChI=1S/C19H33NOSi/c1-16(2)10-8-11-17(3)12-9-13-18(4)14-19(15-20)21-22(5,6)7/h10,12,14,19H,8-9,11,13H2,1-7H3/b17-12+,18-14+. The lowest BCUT2D eigenvalue weighted by atomic mass is 10.1. The molecule has 1 atom stereocenters. The van der Waals surface area contributed by atoms with Gasteiger partial charge in [-0.1, -0.05) is 28.9 Å². The Morgan fingerprint density at radius 1 is 1.00 bits per heavy atom. The van der Waals surface area contributed by atoms with Crippen molar-refractivity contribution in [2.75, 3.05) is 0 Å². The summed E-state index contributed by atoms with van der Waals surface area (Å²) < 4.78 is 5.84. The van der Waals surface area contributed by atoms with Crippen LogP contribution in [0.4, 0.5) is 0 Å². The molecular weight excluding hydrogens is 286 g/mol. The zero-order chi connectivity index (χ0) is 17.2. The largest absolute Gasteiger partial charge is 0.399 e. The lowest BCUT2D eigenvalue weighted by Gasteiger charge is -2.20. The van der Waals surface area contributed by atoms with E-state index in [1.54, 1.807) is 0 Å². The fraction of sp³-hybridized carbons (Fsp3) is 0.632. The maximum absolute atomic E-state index is 9.18. The molecule has 124 valence electrons. The minimum Gasteiger partial charge on any atom is -0.399 e. The first-order valence-corrected chi connectivity index (χ1v) is 11.6. The minimum absolute atomic E-state index is 0.394. The second-order valence-electron chi connectivity index (χ2n) is 7.20. The summed E-state index contributed by atoms with van der Waals surface area (Å²) >= 11 is 0. The smallest absolute Gasteiger partial charge is 0.185 e. The Morgan fingerprint density at radius 3 is 2.05 bits per heavy atom. The van der Waals surface area contributed by atoms with E-state index >= 15 is 0 Å². The van der Waals surface area contributed by atoms with Crippen LogP contribution in [-0.4, -0.2) is 14.4 Å². The molecule has 0 saturated heterocycles. The van der Waals surface area contributed by atoms with E-state index < -0.39 is 14.4 Å². The molecule has 0 aliphatic heterocycles. The van der Waals surface area contributed by atoms with Gasteiger partial charge in [0.05, 0.1) is 6.07 Å². The normalized spacial score (nSPS) is 14.5. The van der Waals surface area contributed by atoms with E-state index in [0.717, 1.165) is 25.7 Å². The Kier molecular flexibility index (Phi) is 10.1. The second-order valence-corrected chi connectivity index (χ2v) is 11.7. The molecule has 3 heteroatoms. The van der Waals surface area contributed by atoms with Crippen LogP contribution in [0.5, 0.6) is 0 Å². The average molecular weight is 320 g/mol. The Morgan fingerprint density at radius 2 is 1.55 bits per heavy atom. The summed E-state index contributed by atoms with van der Waals surface area (Å²) in [7, 11) is -1.67. The predicted octanol–water partition coefficient (Wildman–Crippen LogP) is 6.15. The summed E-state index contributed by atoms with van der Waals surface area (Å²) in [4.78, 5) is 0. The highest BCUT2D eigenvalue weighted by Crippen LogP contribution is 2.14. The summed E-state index contributed by atoms with van der Waals surface area (Å²) in [6, 6.07) is 2.24. The molecule has 0 aromatic heterocycles. The van der Waals surface area contributed by atoms with Crippen molar-refractivity contribution < 1.29 is 4.43 Å². The highest BCUT2D eigenvalue weighted by atomic mass is 28.4. The van der Waals surface area contributed by atoms with E-state index in [-0.39, 0.29) is 0 Å². The van der Waals surface area contributed by atoms with Crippen molar-refractivity contribution in [2.24, 2.45) is 0 Å². The molecule has 0 aromatic carbocycles. The van der Waals surface area contributed by atoms with Gasteiger partial charge in [-0.15, -0.1) is 0 Å². The van der Waals surface area contributed by atoms with Crippen molar-refractivity contribution >= 4 is 8.32 Å². The average Bonchev–Trinajstić information content (AvgIpc) is 2.35. The Labute approximate surface area is 138 Å². The number of nitriles is 1. The molecular formula is C19H33NOSi. The molecule has 0 bridgehead atoms. The second kappa shape index (κ2) is 10.6. The maximum Gasteiger partial charge on any atom is 0.185 e. The van der Waals surface area contributed by atoms with Crippen LogP contribution in [0.1, 0.15) is 53.4 Å². The molecule has 0 spiro atoms. The van der Waals surface area contributed by atoms with Crippen LogP contribution in [0.2, 0.25) is 19.6 Å². The van der Waals surface area contributed by atoms with Crippen molar-refractivity contribution in [2.45, 2.75) is 79.1 Å². The topological polar surface area (TPSA) is 33.0 Å². The Hall–Kier alpha value is -1.11. The van der Waals surface area contributed by atoms with Crippen molar-refractivity contribution in [1.82, 2.24) is 0 Å². The van der Waals surface area contributed by atoms with E-state index in [0.29, 0.717) is 0 Å². The number of hydrogen-bond donors (Lipinski definition) is 0. The van der Waals surface area contributed by atoms with Gasteiger partial charge in [-0.25, -0.2) is 0 Å². The van der Waals surface area contributed by atoms with Crippen LogP contribution >= 0.6 is 0 Å². The summed E-state index contributed by atoms with van der Waals surface area (Å²) in [6.07, 6.45) is 10.5. The van der Waals surface area contributed by atoms with Gasteiger partial charge in [-0.2, -0.15) is 5.26 Å². The van der Waals surface area contributed by atoms with E-state index in [2.05, 4.69) is 65.6 Å². The third kappa shape index (κ3) is 12.6. The van der Waals surface area contributed by atoms with Gasteiger partial charge >= 0.3 is 0 Å². The van der Waals surface area contributed by atoms with Gasteiger partial charge in [0.1, 0.15) is 0 Å². The van der Waals surface area contributed by atoms with E-state index in [9.17, 15) is 5.26 Å². The van der Waals surface area contributed by atoms with Gasteiger partial charge in [0.25, 0.3) is 0 Å². The first kappa shape index (κ1) is 20.9. The molecule has 0 aliphatic rings. The molecule has 0 N–H and O–H groups in total. The molecule has 0 heterocycles. The molecule has 0 aromatic rings. The molecule has 0 aliphatic carbocycles. The van der Waals surface area contributed by atoms with Crippen LogP contribution in [0, 0.1) is 11.3 Å². The Bertz CT molecular complexity index is 457. The molecule has 0 fully saturated rings. The Balaban J connectivity index is 4.31. The highest BCUT2D eigenvalue weighted by molar-refractivity contribution is 6.69. The van der Waals surface area contributed by atoms with E-state index in [4.69, 9.17) is 4.43 Å². The maximum atomic E-state index is 9.18. The number of nitrogens with zero attached hydrogens (tertiary/aromatic N) is 1. The van der Waals surface area contributed by atoms with Gasteiger partial charge in [0.2, 0.25) is 0 Å². The molecule has 0 saturated carbocycles. The molecule has 22 heavy (non-hydrogen) atoms. The summed E-state index contributed by atoms with van der Waals surface area (Å²) in [5.74, 6) is 0. The van der Waals surface area contributed by atoms with Crippen LogP contribution in [0.25, 0.3) is 0 Å². The zero-order valence-corrected chi connectivity index (χ0v) is 16.5. The summed E-state index contributed by atoms with van der Waals surface area (Å²) in [5, 5.41) is 9.18. The monoisotopic (exact) mass is 319 g/mol. The minimum atomic E-state index is -1.67. The number of rotatable bonds is 9. The molecule has 1 unspecified atom stereocenters.